The van der Waals surface area contributed by atoms with Crippen LogP contribution >= 0.6 is 0 Å². The number of carbonyl (C=O) groups is 1. The van der Waals surface area contributed by atoms with E-state index in [0.717, 1.165) is 28.1 Å². The predicted molar refractivity (Wildman–Crippen MR) is 86.4 cm³/mol. The van der Waals surface area contributed by atoms with E-state index in [1.807, 2.05) is 25.1 Å². The third-order valence-corrected chi connectivity index (χ3v) is 3.46. The van der Waals surface area contributed by atoms with Crippen molar-refractivity contribution in [3.8, 4) is 0 Å². The highest BCUT2D eigenvalue weighted by Gasteiger charge is 2.10. The summed E-state index contributed by atoms with van der Waals surface area (Å²) in [7, 11) is 3.47. The first-order valence-corrected chi connectivity index (χ1v) is 6.94. The van der Waals surface area contributed by atoms with Crippen molar-refractivity contribution < 1.29 is 4.79 Å². The van der Waals surface area contributed by atoms with Gasteiger partial charge in [0.05, 0.1) is 16.6 Å². The van der Waals surface area contributed by atoms with Gasteiger partial charge in [-0.3, -0.25) is 9.89 Å². The lowest BCUT2D eigenvalue weighted by molar-refractivity contribution is 0.0827. The van der Waals surface area contributed by atoms with Gasteiger partial charge < -0.3 is 10.2 Å². The summed E-state index contributed by atoms with van der Waals surface area (Å²) in [5.74, 6) is 0.730. The Balaban J connectivity index is 1.89. The molecular weight excluding hydrogens is 278 g/mol. The van der Waals surface area contributed by atoms with Crippen LogP contribution in [-0.4, -0.2) is 40.1 Å². The van der Waals surface area contributed by atoms with Gasteiger partial charge in [0.2, 0.25) is 0 Å². The molecule has 0 atom stereocenters. The Morgan fingerprint density at radius 3 is 2.59 bits per heavy atom. The monoisotopic (exact) mass is 295 g/mol. The molecule has 0 unspecified atom stereocenters. The predicted octanol–water partition coefficient (Wildman–Crippen LogP) is 2.71. The number of aromatic nitrogens is 3. The molecule has 6 heteroatoms. The zero-order chi connectivity index (χ0) is 15.7. The van der Waals surface area contributed by atoms with Crippen LogP contribution in [0, 0.1) is 6.92 Å². The van der Waals surface area contributed by atoms with Gasteiger partial charge in [0.15, 0.2) is 0 Å². The highest BCUT2D eigenvalue weighted by atomic mass is 16.2. The van der Waals surface area contributed by atoms with Gasteiger partial charge in [-0.05, 0) is 37.3 Å². The molecule has 0 saturated heterocycles. The van der Waals surface area contributed by atoms with Crippen LogP contribution in [-0.2, 0) is 0 Å². The molecule has 0 spiro atoms. The number of benzene rings is 1. The number of rotatable bonds is 3. The minimum absolute atomic E-state index is 0.0162. The number of H-pyrrole nitrogens is 1. The van der Waals surface area contributed by atoms with E-state index in [0.29, 0.717) is 5.56 Å². The molecule has 2 N–H and O–H groups in total. The van der Waals surface area contributed by atoms with Crippen molar-refractivity contribution in [2.24, 2.45) is 0 Å². The highest BCUT2D eigenvalue weighted by molar-refractivity contribution is 5.95. The molecule has 0 radical (unpaired) electrons. The molecule has 1 amide bonds. The number of anilines is 2. The number of nitrogens with one attached hydrogen (secondary N) is 2. The van der Waals surface area contributed by atoms with Gasteiger partial charge >= 0.3 is 0 Å². The van der Waals surface area contributed by atoms with E-state index in [-0.39, 0.29) is 5.91 Å². The summed E-state index contributed by atoms with van der Waals surface area (Å²) in [5.41, 5.74) is 3.36. The van der Waals surface area contributed by atoms with Crippen molar-refractivity contribution in [2.45, 2.75) is 6.92 Å². The highest BCUT2D eigenvalue weighted by Crippen LogP contribution is 2.25. The van der Waals surface area contributed by atoms with Gasteiger partial charge in [-0.25, -0.2) is 4.98 Å². The summed E-state index contributed by atoms with van der Waals surface area (Å²) in [6.07, 6.45) is 1.73. The lowest BCUT2D eigenvalue weighted by Gasteiger charge is -2.11. The van der Waals surface area contributed by atoms with Crippen LogP contribution in [0.25, 0.3) is 10.9 Å². The van der Waals surface area contributed by atoms with Crippen molar-refractivity contribution in [3.05, 3.63) is 47.8 Å². The summed E-state index contributed by atoms with van der Waals surface area (Å²) >= 11 is 0. The van der Waals surface area contributed by atoms with Gasteiger partial charge in [-0.1, -0.05) is 0 Å². The van der Waals surface area contributed by atoms with Crippen molar-refractivity contribution in [1.82, 2.24) is 20.1 Å². The maximum absolute atomic E-state index is 11.9. The summed E-state index contributed by atoms with van der Waals surface area (Å²) < 4.78 is 0. The largest absolute Gasteiger partial charge is 0.345 e. The molecular formula is C16H17N5O. The average Bonchev–Trinajstić information content (AvgIpc) is 2.90. The first kappa shape index (κ1) is 14.1. The Labute approximate surface area is 128 Å². The van der Waals surface area contributed by atoms with E-state index in [1.165, 1.54) is 0 Å². The molecule has 6 nitrogen and oxygen atoms in total. The molecule has 0 aliphatic rings. The number of fused-ring (bicyclic) bond motifs is 1. The van der Waals surface area contributed by atoms with Crippen molar-refractivity contribution in [2.75, 3.05) is 19.4 Å². The summed E-state index contributed by atoms with van der Waals surface area (Å²) in [6.45, 7) is 1.94. The Hall–Kier alpha value is -2.89. The minimum atomic E-state index is -0.0162. The number of nitrogens with zero attached hydrogens (tertiary/aromatic N) is 3. The molecule has 3 rings (SSSR count). The number of amides is 1. The maximum atomic E-state index is 11.9. The number of aryl methyl sites for hydroxylation is 1. The van der Waals surface area contributed by atoms with Crippen molar-refractivity contribution in [3.63, 3.8) is 0 Å². The Morgan fingerprint density at radius 1 is 1.18 bits per heavy atom. The summed E-state index contributed by atoms with van der Waals surface area (Å²) in [4.78, 5) is 17.8. The first-order chi connectivity index (χ1) is 10.6. The van der Waals surface area contributed by atoms with Crippen molar-refractivity contribution >= 4 is 28.3 Å². The number of pyridine rings is 1. The van der Waals surface area contributed by atoms with Crippen LogP contribution in [0.1, 0.15) is 16.1 Å². The Morgan fingerprint density at radius 2 is 1.91 bits per heavy atom. The molecule has 2 heterocycles. The lowest BCUT2D eigenvalue weighted by Crippen LogP contribution is -2.21. The van der Waals surface area contributed by atoms with Crippen LogP contribution in [0.4, 0.5) is 11.5 Å². The molecule has 22 heavy (non-hydrogen) atoms. The molecule has 0 bridgehead atoms. The standard InChI is InChI=1S/C16H17N5O/c1-10-14-13(20-19-10)8-9-17-15(14)18-12-6-4-11(5-7-12)16(22)21(2)3/h4-9H,1-3H3,(H,17,18)(H,19,20). The molecule has 2 aromatic heterocycles. The van der Waals surface area contributed by atoms with E-state index < -0.39 is 0 Å². The zero-order valence-electron chi connectivity index (χ0n) is 12.7. The van der Waals surface area contributed by atoms with Crippen LogP contribution < -0.4 is 5.32 Å². The van der Waals surface area contributed by atoms with Gasteiger partial charge in [-0.2, -0.15) is 5.10 Å². The van der Waals surface area contributed by atoms with E-state index in [1.54, 1.807) is 37.3 Å². The van der Waals surface area contributed by atoms with Gasteiger partial charge in [0.25, 0.3) is 5.91 Å². The zero-order valence-corrected chi connectivity index (χ0v) is 12.7. The molecule has 3 aromatic rings. The second kappa shape index (κ2) is 5.48. The van der Waals surface area contributed by atoms with E-state index in [2.05, 4.69) is 20.5 Å². The quantitative estimate of drug-likeness (QED) is 0.779. The summed E-state index contributed by atoms with van der Waals surface area (Å²) in [5, 5.41) is 11.4. The molecule has 112 valence electrons. The fourth-order valence-corrected chi connectivity index (χ4v) is 2.31. The van der Waals surface area contributed by atoms with Gasteiger partial charge in [0, 0.05) is 31.5 Å². The Kier molecular flexibility index (Phi) is 3.50. The van der Waals surface area contributed by atoms with Crippen LogP contribution in [0.5, 0.6) is 0 Å². The third-order valence-electron chi connectivity index (χ3n) is 3.46. The van der Waals surface area contributed by atoms with Crippen LogP contribution in [0.3, 0.4) is 0 Å². The van der Waals surface area contributed by atoms with E-state index in [4.69, 9.17) is 0 Å². The first-order valence-electron chi connectivity index (χ1n) is 6.94. The Bertz CT molecular complexity index is 820. The van der Waals surface area contributed by atoms with E-state index in [9.17, 15) is 4.79 Å². The second-order valence-corrected chi connectivity index (χ2v) is 5.29. The van der Waals surface area contributed by atoms with E-state index >= 15 is 0 Å². The normalized spacial score (nSPS) is 10.7. The average molecular weight is 295 g/mol. The van der Waals surface area contributed by atoms with Gasteiger partial charge in [0.1, 0.15) is 5.82 Å². The SMILES string of the molecule is Cc1n[nH]c2ccnc(Nc3ccc(C(=O)N(C)C)cc3)c12. The second-order valence-electron chi connectivity index (χ2n) is 5.29. The molecule has 0 aliphatic carbocycles. The van der Waals surface area contributed by atoms with Crippen LogP contribution in [0.15, 0.2) is 36.5 Å². The van der Waals surface area contributed by atoms with Gasteiger partial charge in [-0.15, -0.1) is 0 Å². The summed E-state index contributed by atoms with van der Waals surface area (Å²) in [6, 6.07) is 9.22. The number of hydrogen-bond donors (Lipinski definition) is 2. The minimum Gasteiger partial charge on any atom is -0.345 e. The lowest BCUT2D eigenvalue weighted by atomic mass is 10.2. The van der Waals surface area contributed by atoms with Crippen molar-refractivity contribution in [1.29, 1.82) is 0 Å². The third kappa shape index (κ3) is 2.50. The number of hydrogen-bond acceptors (Lipinski definition) is 4. The molecule has 1 aromatic carbocycles. The fourth-order valence-electron chi connectivity index (χ4n) is 2.31. The number of carbonyl (C=O) groups excluding carboxylic acids is 1. The maximum Gasteiger partial charge on any atom is 0.253 e. The van der Waals surface area contributed by atoms with Crippen LogP contribution in [0.2, 0.25) is 0 Å². The molecule has 0 aliphatic heterocycles. The molecule has 0 saturated carbocycles. The number of aromatic amines is 1. The smallest absolute Gasteiger partial charge is 0.253 e. The topological polar surface area (TPSA) is 73.9 Å². The fraction of sp³-hybridized carbons (Fsp3) is 0.188. The molecule has 0 fully saturated rings.